The van der Waals surface area contributed by atoms with Crippen LogP contribution in [0.1, 0.15) is 11.3 Å². The Kier molecular flexibility index (Phi) is 5.59. The first-order valence-corrected chi connectivity index (χ1v) is 11.7. The molecule has 5 aromatic rings. The molecular formula is C22H16ClN5OS2. The van der Waals surface area contributed by atoms with E-state index in [9.17, 15) is 0 Å². The lowest BCUT2D eigenvalue weighted by Crippen LogP contribution is -2.02. The third-order valence-corrected chi connectivity index (χ3v) is 6.91. The van der Waals surface area contributed by atoms with Gasteiger partial charge >= 0.3 is 0 Å². The third-order valence-electron chi connectivity index (χ3n) is 4.68. The number of oxazole rings is 1. The Balaban J connectivity index is 1.50. The van der Waals surface area contributed by atoms with Crippen LogP contribution >= 0.6 is 34.7 Å². The molecule has 6 nitrogen and oxygen atoms in total. The summed E-state index contributed by atoms with van der Waals surface area (Å²) >= 11 is 9.56. The van der Waals surface area contributed by atoms with Crippen molar-refractivity contribution in [2.75, 3.05) is 0 Å². The van der Waals surface area contributed by atoms with Gasteiger partial charge in [-0.3, -0.25) is 9.55 Å². The molecule has 0 aliphatic carbocycles. The van der Waals surface area contributed by atoms with Gasteiger partial charge in [0.1, 0.15) is 6.26 Å². The average molecular weight is 466 g/mol. The van der Waals surface area contributed by atoms with Crippen LogP contribution in [0, 0.1) is 6.92 Å². The summed E-state index contributed by atoms with van der Waals surface area (Å²) in [5, 5.41) is 12.4. The minimum absolute atomic E-state index is 0.600. The number of hydrogen-bond donors (Lipinski definition) is 0. The highest BCUT2D eigenvalue weighted by Gasteiger charge is 2.19. The smallest absolute Gasteiger partial charge is 0.236 e. The van der Waals surface area contributed by atoms with Gasteiger partial charge in [-0.2, -0.15) is 0 Å². The van der Waals surface area contributed by atoms with E-state index in [1.54, 1.807) is 41.8 Å². The monoisotopic (exact) mass is 465 g/mol. The fourth-order valence-corrected chi connectivity index (χ4v) is 4.78. The molecule has 0 atom stereocenters. The molecule has 0 spiro atoms. The number of thiophene rings is 1. The van der Waals surface area contributed by atoms with Crippen LogP contribution in [0.3, 0.4) is 0 Å². The van der Waals surface area contributed by atoms with Crippen molar-refractivity contribution in [3.05, 3.63) is 82.8 Å². The summed E-state index contributed by atoms with van der Waals surface area (Å²) in [7, 11) is 0. The van der Waals surface area contributed by atoms with Crippen LogP contribution in [-0.2, 0) is 5.75 Å². The summed E-state index contributed by atoms with van der Waals surface area (Å²) in [6, 6.07) is 13.6. The lowest BCUT2D eigenvalue weighted by atomic mass is 10.2. The lowest BCUT2D eigenvalue weighted by Gasteiger charge is -2.13. The van der Waals surface area contributed by atoms with Crippen molar-refractivity contribution in [3.63, 3.8) is 0 Å². The molecule has 0 unspecified atom stereocenters. The Morgan fingerprint density at radius 1 is 1.10 bits per heavy atom. The standard InChI is InChI=1S/C22H16ClN5OS2/c1-14-17(23)4-2-5-18(14)28-20(15-7-9-24-10-8-15)26-27-22(28)31-13-16-12-29-21(25-16)19-6-3-11-30-19/h2-12H,13H2,1H3. The molecule has 0 fully saturated rings. The van der Waals surface area contributed by atoms with E-state index in [1.807, 2.05) is 59.3 Å². The van der Waals surface area contributed by atoms with Gasteiger partial charge in [0.15, 0.2) is 11.0 Å². The van der Waals surface area contributed by atoms with E-state index in [0.29, 0.717) is 16.7 Å². The molecule has 4 aromatic heterocycles. The van der Waals surface area contributed by atoms with Crippen molar-refractivity contribution in [2.45, 2.75) is 17.8 Å². The number of aromatic nitrogens is 5. The van der Waals surface area contributed by atoms with Gasteiger partial charge in [-0.05, 0) is 48.2 Å². The minimum atomic E-state index is 0.600. The molecule has 0 saturated heterocycles. The van der Waals surface area contributed by atoms with E-state index >= 15 is 0 Å². The Morgan fingerprint density at radius 3 is 2.77 bits per heavy atom. The van der Waals surface area contributed by atoms with Gasteiger partial charge in [0.05, 0.1) is 16.3 Å². The summed E-state index contributed by atoms with van der Waals surface area (Å²) in [4.78, 5) is 9.72. The van der Waals surface area contributed by atoms with Crippen molar-refractivity contribution in [1.29, 1.82) is 0 Å². The molecule has 0 aliphatic rings. The zero-order valence-electron chi connectivity index (χ0n) is 16.4. The predicted octanol–water partition coefficient (Wildman–Crippen LogP) is 6.30. The molecule has 0 bridgehead atoms. The fraction of sp³-hybridized carbons (Fsp3) is 0.0909. The molecule has 5 rings (SSSR count). The van der Waals surface area contributed by atoms with E-state index in [1.165, 1.54) is 0 Å². The maximum atomic E-state index is 6.41. The first kappa shape index (κ1) is 20.0. The molecule has 0 aliphatic heterocycles. The number of rotatable bonds is 6. The van der Waals surface area contributed by atoms with Gasteiger partial charge in [-0.25, -0.2) is 4.98 Å². The maximum absolute atomic E-state index is 6.41. The van der Waals surface area contributed by atoms with E-state index in [0.717, 1.165) is 38.4 Å². The summed E-state index contributed by atoms with van der Waals surface area (Å²) < 4.78 is 7.67. The summed E-state index contributed by atoms with van der Waals surface area (Å²) in [5.41, 5.74) is 3.67. The maximum Gasteiger partial charge on any atom is 0.236 e. The zero-order chi connectivity index (χ0) is 21.2. The highest BCUT2D eigenvalue weighted by molar-refractivity contribution is 7.98. The number of thioether (sulfide) groups is 1. The second-order valence-electron chi connectivity index (χ2n) is 6.67. The topological polar surface area (TPSA) is 69.6 Å². The van der Waals surface area contributed by atoms with Crippen LogP contribution in [0.4, 0.5) is 0 Å². The summed E-state index contributed by atoms with van der Waals surface area (Å²) in [5.74, 6) is 1.97. The van der Waals surface area contributed by atoms with E-state index < -0.39 is 0 Å². The Labute approximate surface area is 192 Å². The number of benzene rings is 1. The van der Waals surface area contributed by atoms with Gasteiger partial charge in [-0.15, -0.1) is 21.5 Å². The molecule has 9 heteroatoms. The van der Waals surface area contributed by atoms with Crippen LogP contribution in [0.15, 0.2) is 76.1 Å². The van der Waals surface area contributed by atoms with E-state index in [2.05, 4.69) is 20.2 Å². The second-order valence-corrected chi connectivity index (χ2v) is 8.97. The molecule has 1 aromatic carbocycles. The SMILES string of the molecule is Cc1c(Cl)cccc1-n1c(SCc2coc(-c3cccs3)n2)nnc1-c1ccncc1. The minimum Gasteiger partial charge on any atom is -0.444 e. The number of nitrogens with zero attached hydrogens (tertiary/aromatic N) is 5. The largest absolute Gasteiger partial charge is 0.444 e. The molecule has 31 heavy (non-hydrogen) atoms. The predicted molar refractivity (Wildman–Crippen MR) is 124 cm³/mol. The fourth-order valence-electron chi connectivity index (χ4n) is 3.13. The summed E-state index contributed by atoms with van der Waals surface area (Å²) in [6.45, 7) is 1.99. The second kappa shape index (κ2) is 8.66. The Bertz CT molecular complexity index is 1320. The van der Waals surface area contributed by atoms with Crippen LogP contribution in [0.25, 0.3) is 27.8 Å². The molecule has 0 saturated carbocycles. The van der Waals surface area contributed by atoms with Crippen molar-refractivity contribution < 1.29 is 4.42 Å². The van der Waals surface area contributed by atoms with Gasteiger partial charge in [0, 0.05) is 28.7 Å². The highest BCUT2D eigenvalue weighted by Crippen LogP contribution is 2.33. The first-order valence-electron chi connectivity index (χ1n) is 9.43. The van der Waals surface area contributed by atoms with E-state index in [4.69, 9.17) is 16.0 Å². The zero-order valence-corrected chi connectivity index (χ0v) is 18.8. The Hall–Kier alpha value is -2.94. The molecule has 154 valence electrons. The van der Waals surface area contributed by atoms with Crippen molar-refractivity contribution in [3.8, 4) is 27.8 Å². The third kappa shape index (κ3) is 4.01. The van der Waals surface area contributed by atoms with Gasteiger partial charge in [-0.1, -0.05) is 35.5 Å². The van der Waals surface area contributed by atoms with Crippen molar-refractivity contribution >= 4 is 34.7 Å². The van der Waals surface area contributed by atoms with Gasteiger partial charge in [0.2, 0.25) is 5.89 Å². The van der Waals surface area contributed by atoms with E-state index in [-0.39, 0.29) is 0 Å². The van der Waals surface area contributed by atoms with Crippen LogP contribution in [-0.4, -0.2) is 24.7 Å². The van der Waals surface area contributed by atoms with Crippen molar-refractivity contribution in [2.24, 2.45) is 0 Å². The Morgan fingerprint density at radius 2 is 1.97 bits per heavy atom. The normalized spacial score (nSPS) is 11.2. The molecule has 0 N–H and O–H groups in total. The van der Waals surface area contributed by atoms with Crippen molar-refractivity contribution in [1.82, 2.24) is 24.7 Å². The first-order chi connectivity index (χ1) is 15.2. The number of halogens is 1. The quantitative estimate of drug-likeness (QED) is 0.274. The van der Waals surface area contributed by atoms with Crippen LogP contribution in [0.5, 0.6) is 0 Å². The van der Waals surface area contributed by atoms with Crippen LogP contribution < -0.4 is 0 Å². The highest BCUT2D eigenvalue weighted by atomic mass is 35.5. The molecular weight excluding hydrogens is 450 g/mol. The number of hydrogen-bond acceptors (Lipinski definition) is 7. The average Bonchev–Trinajstić information content (AvgIpc) is 3.55. The lowest BCUT2D eigenvalue weighted by molar-refractivity contribution is 0.575. The summed E-state index contributed by atoms with van der Waals surface area (Å²) in [6.07, 6.45) is 5.18. The van der Waals surface area contributed by atoms with Crippen LogP contribution in [0.2, 0.25) is 5.02 Å². The molecule has 4 heterocycles. The van der Waals surface area contributed by atoms with Gasteiger partial charge in [0.25, 0.3) is 0 Å². The molecule has 0 amide bonds. The van der Waals surface area contributed by atoms with Gasteiger partial charge < -0.3 is 4.42 Å². The molecule has 0 radical (unpaired) electrons. The number of pyridine rings is 1.